The number of benzene rings is 3. The summed E-state index contributed by atoms with van der Waals surface area (Å²) in [7, 11) is 5.40. The Morgan fingerprint density at radius 2 is 1.05 bits per heavy atom. The highest BCUT2D eigenvalue weighted by atomic mass is 32.2. The Kier molecular flexibility index (Phi) is 40.2. The molecule has 2 aliphatic heterocycles. The van der Waals surface area contributed by atoms with Crippen LogP contribution >= 0.6 is 11.8 Å². The number of para-hydroxylation sites is 2. The summed E-state index contributed by atoms with van der Waals surface area (Å²) in [6.07, 6.45) is -0.272. The van der Waals surface area contributed by atoms with Gasteiger partial charge < -0.3 is 126 Å². The number of unbranched alkanes of at least 4 members (excludes halogenated alkanes) is 2. The van der Waals surface area contributed by atoms with Crippen molar-refractivity contribution in [3.8, 4) is 5.75 Å². The number of ketones is 1. The number of nitrogens with two attached hydrogens (primary N) is 5. The molecule has 1 aliphatic carbocycles. The molecule has 132 heavy (non-hydrogen) atoms. The zero-order chi connectivity index (χ0) is 96.7. The zero-order valence-corrected chi connectivity index (χ0v) is 76.3. The normalized spacial score (nSPS) is 25.6. The van der Waals surface area contributed by atoms with Crippen LogP contribution < -0.4 is 86.6 Å². The SMILES string of the molecule is CCCC[C@H]1C(=O)N(C)[C@@H](CCCC)C(=O)N[C@@H](CCCN)C(=O)N[C@H](C(=O)NCC(N)=O)CSCC(=O)N[C@@H](Cc2ccc(OC)cc2)C(=O)N(C)[C@@H](C)C(=O)N[C@@H](CC(N)=O)C(=O)N2CCCC2C(=O)N[C@@H](CN)C(=O)N[C@@H](CCC(=O)O)C(=O)C2C[C@H](O)C[C@H]2C(=O)N[C@@H](Cc2c[nH]c3ccccc23)C(=O)N[C@@H](CCN)C(=O)N[C@@H](Cc2c[nH]c3ccccc23)C(=O)N1C. The lowest BCUT2D eigenvalue weighted by Crippen LogP contribution is -2.61. The molecule has 1 saturated carbocycles. The van der Waals surface area contributed by atoms with E-state index in [4.69, 9.17) is 33.4 Å². The molecule has 0 radical (unpaired) electrons. The Labute approximate surface area is 768 Å². The number of aromatic amines is 2. The number of carboxylic acid groups (broad SMARTS) is 1. The van der Waals surface area contributed by atoms with Crippen molar-refractivity contribution in [1.29, 1.82) is 0 Å². The Morgan fingerprint density at radius 1 is 0.523 bits per heavy atom. The lowest BCUT2D eigenvalue weighted by Gasteiger charge is -2.36. The fraction of sp³-hybridized carbons (Fsp3) is 0.551. The number of H-pyrrole nitrogens is 2. The number of hydrogen-bond donors (Lipinski definition) is 19. The molecular weight excluding hydrogens is 1730 g/mol. The number of hydrogen-bond acceptors (Lipinski definition) is 24. The molecule has 720 valence electrons. The molecule has 16 atom stereocenters. The first-order chi connectivity index (χ1) is 62.9. The van der Waals surface area contributed by atoms with Crippen LogP contribution in [0.2, 0.25) is 0 Å². The second kappa shape index (κ2) is 50.7. The van der Waals surface area contributed by atoms with Crippen LogP contribution in [0.15, 0.2) is 85.2 Å². The summed E-state index contributed by atoms with van der Waals surface area (Å²) in [5.74, 6) is -20.8. The predicted molar refractivity (Wildman–Crippen MR) is 486 cm³/mol. The number of ether oxygens (including phenoxy) is 1. The summed E-state index contributed by atoms with van der Waals surface area (Å²) in [6.45, 7) is 3.22. The van der Waals surface area contributed by atoms with E-state index in [9.17, 15) is 63.0 Å². The van der Waals surface area contributed by atoms with Crippen molar-refractivity contribution in [2.75, 3.05) is 72.5 Å². The summed E-state index contributed by atoms with van der Waals surface area (Å²) in [5, 5.41) is 48.9. The van der Waals surface area contributed by atoms with Crippen molar-refractivity contribution in [1.82, 2.24) is 82.7 Å². The number of fused-ring (bicyclic) bond motifs is 4. The highest BCUT2D eigenvalue weighted by Crippen LogP contribution is 2.36. The van der Waals surface area contributed by atoms with Gasteiger partial charge in [-0.15, -0.1) is 11.8 Å². The van der Waals surface area contributed by atoms with Gasteiger partial charge in [0, 0.05) is 106 Å². The topological polar surface area (TPSA) is 652 Å². The number of nitrogens with one attached hydrogen (secondary N) is 12. The number of methoxy groups -OCH3 is 1. The Bertz CT molecular complexity index is 4930. The minimum absolute atomic E-state index is 0.00676. The van der Waals surface area contributed by atoms with Gasteiger partial charge in [0.15, 0.2) is 5.78 Å². The van der Waals surface area contributed by atoms with E-state index in [0.29, 0.717) is 69.9 Å². The standard InChI is InChI=1S/C89H127N21O21S/c1-8-10-23-69-84(125)101-61(22-16-33-90)80(121)106-68(79(120)97-45-73(94)113)46-132-47-74(114)98-64(36-49-26-28-53(131-7)29-27-49)86(127)107(4)48(3)77(118)103-66(41-72(93)112)88(129)110-35-17-25-70(110)85(126)105-67(42-92)83(124)99-60(30-31-75(115)116)76(117)56-39-52(111)40-57(56)78(119)102-63(37-50-43-95-58-20-14-12-18-54(50)58)82(123)100-62(32-34-91)81(122)104-65(38-51-44-96-59-21-15-13-19-55(51)59)87(128)109(6)71(24-11-9-2)89(130)108(69)5/h12-15,18-21,26-29,43-44,48,52,56-57,60-71,95-96,111H,8-11,16-17,22-25,30-42,45-47,90-92H2,1-7H3,(H2,93,112)(H2,94,113)(H,97,120)(H,98,114)(H,99,124)(H,100,123)(H,101,125)(H,102,119)(H,103,118)(H,104,122)(H,105,126)(H,106,121)(H,115,116)/t48-,52-,56?,57+,60-,61-,62-,63-,64-,65-,66-,67-,68-,69-,70?,71-/m0/s1. The van der Waals surface area contributed by atoms with Gasteiger partial charge in [0.25, 0.3) is 0 Å². The molecule has 2 aromatic heterocycles. The highest BCUT2D eigenvalue weighted by molar-refractivity contribution is 8.00. The number of rotatable bonds is 27. The Hall–Kier alpha value is -12.6. The predicted octanol–water partition coefficient (Wildman–Crippen LogP) is -2.99. The molecule has 3 aliphatic rings. The van der Waals surface area contributed by atoms with Crippen molar-refractivity contribution < 1.29 is 101 Å². The number of aromatic nitrogens is 2. The number of carbonyl (C=O) groups is 18. The average molecular weight is 1860 g/mol. The molecule has 16 amide bonds. The maximum absolute atomic E-state index is 15.8. The number of amides is 16. The van der Waals surface area contributed by atoms with Crippen LogP contribution in [0.5, 0.6) is 5.75 Å². The third kappa shape index (κ3) is 28.9. The molecule has 42 nitrogen and oxygen atoms in total. The average Bonchev–Trinajstić information content (AvgIpc) is 1.51. The smallest absolute Gasteiger partial charge is 0.303 e. The minimum atomic E-state index is -1.79. The summed E-state index contributed by atoms with van der Waals surface area (Å²) in [5.41, 5.74) is 32.3. The van der Waals surface area contributed by atoms with Crippen molar-refractivity contribution in [3.05, 3.63) is 102 Å². The van der Waals surface area contributed by atoms with Crippen LogP contribution in [-0.4, -0.2) is 303 Å². The first kappa shape index (κ1) is 105. The third-order valence-electron chi connectivity index (χ3n) is 24.1. The van der Waals surface area contributed by atoms with Gasteiger partial charge in [-0.05, 0) is 125 Å². The summed E-state index contributed by atoms with van der Waals surface area (Å²) in [6, 6.07) is 0.412. The molecule has 2 unspecified atom stereocenters. The monoisotopic (exact) mass is 1860 g/mol. The number of primary amides is 2. The number of likely N-dealkylation sites (N-methyl/N-ethyl adjacent to an activating group) is 3. The number of carboxylic acids is 1. The van der Waals surface area contributed by atoms with Crippen molar-refractivity contribution >= 4 is 140 Å². The van der Waals surface area contributed by atoms with Crippen molar-refractivity contribution in [2.24, 2.45) is 40.5 Å². The van der Waals surface area contributed by atoms with Crippen LogP contribution in [0.25, 0.3) is 21.8 Å². The number of nitrogens with zero attached hydrogens (tertiary/aromatic N) is 4. The molecule has 5 aromatic rings. The zero-order valence-electron chi connectivity index (χ0n) is 75.4. The third-order valence-corrected chi connectivity index (χ3v) is 25.2. The number of thioether (sulfide) groups is 1. The van der Waals surface area contributed by atoms with Crippen LogP contribution in [0.1, 0.15) is 140 Å². The van der Waals surface area contributed by atoms with E-state index in [-0.39, 0.29) is 83.8 Å². The van der Waals surface area contributed by atoms with Crippen LogP contribution in [0.3, 0.4) is 0 Å². The minimum Gasteiger partial charge on any atom is -0.497 e. The summed E-state index contributed by atoms with van der Waals surface area (Å²) >= 11 is 0.791. The Morgan fingerprint density at radius 3 is 1.65 bits per heavy atom. The highest BCUT2D eigenvalue weighted by Gasteiger charge is 2.48. The quantitative estimate of drug-likeness (QED) is 0.0249. The summed E-state index contributed by atoms with van der Waals surface area (Å²) < 4.78 is 5.33. The molecule has 4 heterocycles. The van der Waals surface area contributed by atoms with Crippen LogP contribution in [-0.2, 0) is 106 Å². The van der Waals surface area contributed by atoms with E-state index in [1.165, 1.54) is 45.0 Å². The van der Waals surface area contributed by atoms with E-state index in [1.807, 2.05) is 13.8 Å². The van der Waals surface area contributed by atoms with Gasteiger partial charge in [-0.1, -0.05) is 88.1 Å². The van der Waals surface area contributed by atoms with Gasteiger partial charge in [-0.25, -0.2) is 0 Å². The lowest BCUT2D eigenvalue weighted by atomic mass is 9.86. The second-order valence-electron chi connectivity index (χ2n) is 33.6. The van der Waals surface area contributed by atoms with Gasteiger partial charge in [0.1, 0.15) is 78.3 Å². The van der Waals surface area contributed by atoms with Crippen LogP contribution in [0, 0.1) is 11.8 Å². The van der Waals surface area contributed by atoms with E-state index in [2.05, 4.69) is 63.1 Å². The molecule has 2 saturated heterocycles. The molecule has 0 spiro atoms. The van der Waals surface area contributed by atoms with Gasteiger partial charge in [-0.2, -0.15) is 0 Å². The van der Waals surface area contributed by atoms with Crippen molar-refractivity contribution in [2.45, 2.75) is 227 Å². The van der Waals surface area contributed by atoms with E-state index in [0.717, 1.165) is 21.6 Å². The fourth-order valence-electron chi connectivity index (χ4n) is 16.6. The van der Waals surface area contributed by atoms with Crippen molar-refractivity contribution in [3.63, 3.8) is 0 Å². The lowest BCUT2D eigenvalue weighted by molar-refractivity contribution is -0.149. The number of carbonyl (C=O) groups excluding carboxylic acids is 17. The Balaban J connectivity index is 1.19. The second-order valence-corrected chi connectivity index (χ2v) is 34.6. The number of aliphatic hydroxyl groups is 1. The van der Waals surface area contributed by atoms with Gasteiger partial charge in [-0.3, -0.25) is 86.3 Å². The first-order valence-electron chi connectivity index (χ1n) is 44.5. The molecule has 0 bridgehead atoms. The van der Waals surface area contributed by atoms with Gasteiger partial charge >= 0.3 is 5.97 Å². The fourth-order valence-corrected chi connectivity index (χ4v) is 17.5. The van der Waals surface area contributed by atoms with Gasteiger partial charge in [0.2, 0.25) is 94.5 Å². The number of aliphatic carboxylic acids is 1. The van der Waals surface area contributed by atoms with E-state index in [1.54, 1.807) is 85.2 Å². The largest absolute Gasteiger partial charge is 0.497 e. The molecule has 3 aromatic carbocycles. The van der Waals surface area contributed by atoms with E-state index < -0.39 is 259 Å². The maximum Gasteiger partial charge on any atom is 0.303 e. The number of Topliss-reactive ketones (excluding diaryl/α,β-unsaturated/α-hetero) is 1. The number of aliphatic hydroxyl groups excluding tert-OH is 1. The molecular formula is C89H127N21O21S. The van der Waals surface area contributed by atoms with E-state index >= 15 is 33.6 Å². The summed E-state index contributed by atoms with van der Waals surface area (Å²) in [4.78, 5) is 272. The maximum atomic E-state index is 15.8. The van der Waals surface area contributed by atoms with Gasteiger partial charge in [0.05, 0.1) is 43.9 Å². The molecule has 3 fully saturated rings. The van der Waals surface area contributed by atoms with Crippen LogP contribution in [0.4, 0.5) is 0 Å². The first-order valence-corrected chi connectivity index (χ1v) is 45.6. The molecule has 8 rings (SSSR count). The molecule has 43 heteroatoms. The molecule has 24 N–H and O–H groups in total.